The van der Waals surface area contributed by atoms with Crippen LogP contribution in [0.3, 0.4) is 0 Å². The first-order chi connectivity index (χ1) is 21.7. The first kappa shape index (κ1) is 32.0. The Bertz CT molecular complexity index is 1650. The maximum absolute atomic E-state index is 15.2. The second-order valence-corrected chi connectivity index (χ2v) is 13.0. The van der Waals surface area contributed by atoms with Crippen LogP contribution in [0.15, 0.2) is 77.4 Å². The Balaban J connectivity index is 1.29. The Morgan fingerprint density at radius 3 is 2.43 bits per heavy atom. The van der Waals surface area contributed by atoms with E-state index in [9.17, 15) is 27.9 Å². The molecule has 0 aromatic heterocycles. The number of carbonyl (C=O) groups excluding carboxylic acids is 2. The van der Waals surface area contributed by atoms with E-state index in [-0.39, 0.29) is 31.1 Å². The van der Waals surface area contributed by atoms with E-state index in [1.165, 1.54) is 6.92 Å². The molecule has 2 N–H and O–H groups in total. The van der Waals surface area contributed by atoms with Crippen LogP contribution < -0.4 is 5.32 Å². The summed E-state index contributed by atoms with van der Waals surface area (Å²) < 4.78 is 76.8. The molecule has 0 heterocycles. The number of fused-ring (bicyclic) bond motifs is 4. The quantitative estimate of drug-likeness (QED) is 0.262. The van der Waals surface area contributed by atoms with Crippen LogP contribution in [0.1, 0.15) is 68.9 Å². The zero-order chi connectivity index (χ0) is 32.9. The number of alkyl halides is 5. The van der Waals surface area contributed by atoms with Gasteiger partial charge in [0.1, 0.15) is 5.60 Å². The van der Waals surface area contributed by atoms with Crippen molar-refractivity contribution in [1.29, 1.82) is 0 Å². The molecular weight excluding hydrogens is 605 g/mol. The lowest BCUT2D eigenvalue weighted by Crippen LogP contribution is -2.65. The second kappa shape index (κ2) is 11.7. The molecule has 242 valence electrons. The number of benzene rings is 2. The smallest absolute Gasteiger partial charge is 0.436 e. The highest BCUT2D eigenvalue weighted by Gasteiger charge is 2.79. The molecular formula is C36H34F5NO4. The van der Waals surface area contributed by atoms with Crippen molar-refractivity contribution in [2.45, 2.75) is 75.5 Å². The maximum atomic E-state index is 15.2. The molecule has 6 rings (SSSR count). The Kier molecular flexibility index (Phi) is 8.12. The zero-order valence-corrected chi connectivity index (χ0v) is 25.2. The van der Waals surface area contributed by atoms with Gasteiger partial charge < -0.3 is 9.84 Å². The van der Waals surface area contributed by atoms with Crippen LogP contribution in [-0.2, 0) is 9.53 Å². The summed E-state index contributed by atoms with van der Waals surface area (Å²) in [6, 6.07) is 15.8. The molecule has 2 aromatic carbocycles. The van der Waals surface area contributed by atoms with Gasteiger partial charge in [-0.2, -0.15) is 22.0 Å². The number of hydrogen-bond acceptors (Lipinski definition) is 4. The summed E-state index contributed by atoms with van der Waals surface area (Å²) in [5.41, 5.74) is -0.141. The van der Waals surface area contributed by atoms with E-state index in [4.69, 9.17) is 4.74 Å². The summed E-state index contributed by atoms with van der Waals surface area (Å²) in [4.78, 5) is 24.2. The zero-order valence-electron chi connectivity index (χ0n) is 25.2. The summed E-state index contributed by atoms with van der Waals surface area (Å²) in [6.45, 7) is 1.24. The normalized spacial score (nSPS) is 29.1. The molecule has 2 fully saturated rings. The minimum Gasteiger partial charge on any atom is -0.436 e. The molecule has 4 aliphatic carbocycles. The van der Waals surface area contributed by atoms with E-state index < -0.39 is 47.5 Å². The van der Waals surface area contributed by atoms with Gasteiger partial charge in [0.2, 0.25) is 0 Å². The van der Waals surface area contributed by atoms with Crippen molar-refractivity contribution in [2.24, 2.45) is 17.3 Å². The molecule has 4 aliphatic rings. The van der Waals surface area contributed by atoms with E-state index in [1.807, 2.05) is 6.07 Å². The number of halogens is 5. The lowest BCUT2D eigenvalue weighted by molar-refractivity contribution is -0.362. The third-order valence-electron chi connectivity index (χ3n) is 10.6. The molecule has 5 nitrogen and oxygen atoms in total. The number of ketones is 1. The van der Waals surface area contributed by atoms with Crippen LogP contribution in [-0.4, -0.2) is 41.3 Å². The third kappa shape index (κ3) is 5.32. The number of para-hydroxylation sites is 1. The number of allylic oxidation sites excluding steroid dienone is 4. The van der Waals surface area contributed by atoms with Crippen molar-refractivity contribution >= 4 is 17.6 Å². The van der Waals surface area contributed by atoms with Gasteiger partial charge >= 0.3 is 18.2 Å². The summed E-state index contributed by atoms with van der Waals surface area (Å²) in [6.07, 6.45) is -3.70. The van der Waals surface area contributed by atoms with Gasteiger partial charge in [-0.3, -0.25) is 10.1 Å². The molecule has 2 aromatic rings. The fourth-order valence-electron chi connectivity index (χ4n) is 8.43. The van der Waals surface area contributed by atoms with Crippen molar-refractivity contribution < 1.29 is 41.4 Å². The second-order valence-electron chi connectivity index (χ2n) is 13.0. The van der Waals surface area contributed by atoms with E-state index in [1.54, 1.807) is 54.6 Å². The molecule has 0 unspecified atom stereocenters. The predicted octanol–water partition coefficient (Wildman–Crippen LogP) is 8.12. The number of carbonyl (C=O) groups is 2. The number of hydrogen-bond donors (Lipinski definition) is 2. The average Bonchev–Trinajstić information content (AvgIpc) is 3.30. The molecule has 0 spiro atoms. The largest absolute Gasteiger partial charge is 0.456 e. The van der Waals surface area contributed by atoms with Gasteiger partial charge in [-0.15, -0.1) is 0 Å². The Labute approximate surface area is 263 Å². The lowest BCUT2D eigenvalue weighted by Gasteiger charge is -2.56. The molecule has 0 radical (unpaired) electrons. The van der Waals surface area contributed by atoms with Crippen molar-refractivity contribution in [3.63, 3.8) is 0 Å². The SMILES string of the molecule is C[C@]12C[C@H](c3ccc(C#CCOC(=O)Nc4ccccc4)cc3)C3=C4CCC(=O)C=C4CC[C@H]3[C@@H]1CC[C@@]2(O)C(F)(F)C(F)(F)F. The summed E-state index contributed by atoms with van der Waals surface area (Å²) >= 11 is 0. The van der Waals surface area contributed by atoms with Crippen molar-refractivity contribution in [1.82, 2.24) is 0 Å². The lowest BCUT2D eigenvalue weighted by atomic mass is 9.50. The molecule has 46 heavy (non-hydrogen) atoms. The van der Waals surface area contributed by atoms with Crippen molar-refractivity contribution in [3.8, 4) is 11.8 Å². The number of anilines is 1. The molecule has 1 amide bonds. The van der Waals surface area contributed by atoms with Gasteiger partial charge in [-0.25, -0.2) is 4.79 Å². The van der Waals surface area contributed by atoms with Crippen LogP contribution in [0.5, 0.6) is 0 Å². The fraction of sp³-hybridized carbons (Fsp3) is 0.444. The summed E-state index contributed by atoms with van der Waals surface area (Å²) in [7, 11) is 0. The van der Waals surface area contributed by atoms with E-state index >= 15 is 8.78 Å². The Hall–Kier alpha value is -3.97. The molecule has 2 saturated carbocycles. The average molecular weight is 640 g/mol. The summed E-state index contributed by atoms with van der Waals surface area (Å²) in [5.74, 6) is -0.943. The number of nitrogens with one attached hydrogen (secondary N) is 1. The summed E-state index contributed by atoms with van der Waals surface area (Å²) in [5, 5.41) is 14.0. The molecule has 5 atom stereocenters. The number of rotatable bonds is 4. The van der Waals surface area contributed by atoms with E-state index in [2.05, 4.69) is 17.2 Å². The van der Waals surface area contributed by atoms with Gasteiger partial charge in [0.25, 0.3) is 0 Å². The highest BCUT2D eigenvalue weighted by Crippen LogP contribution is 2.70. The van der Waals surface area contributed by atoms with E-state index in [0.29, 0.717) is 36.9 Å². The standard InChI is InChI=1S/C36H34F5NO4/c1-33-21-29(23-11-9-22(10-12-23)6-5-19-46-32(44)42-25-7-3-2-4-8-25)31-27-16-14-26(43)20-24(27)13-15-28(31)30(33)17-18-34(33,45)35(37,38)36(39,40)41/h2-4,7-12,20,28-30,45H,13-19,21H2,1H3,(H,42,44)/t28-,29+,30-,33-,34-/m0/s1. The highest BCUT2D eigenvalue weighted by atomic mass is 19.4. The topological polar surface area (TPSA) is 75.6 Å². The van der Waals surface area contributed by atoms with Gasteiger partial charge in [-0.1, -0.05) is 54.7 Å². The molecule has 10 heteroatoms. The number of aliphatic hydroxyl groups is 1. The van der Waals surface area contributed by atoms with Crippen LogP contribution >= 0.6 is 0 Å². The van der Waals surface area contributed by atoms with Crippen molar-refractivity contribution in [2.75, 3.05) is 11.9 Å². The number of ether oxygens (including phenoxy) is 1. The van der Waals surface area contributed by atoms with Crippen molar-refractivity contribution in [3.05, 3.63) is 88.5 Å². The first-order valence-corrected chi connectivity index (χ1v) is 15.5. The van der Waals surface area contributed by atoms with Gasteiger partial charge in [0.05, 0.1) is 0 Å². The van der Waals surface area contributed by atoms with Crippen LogP contribution in [0.4, 0.5) is 32.4 Å². The Morgan fingerprint density at radius 1 is 1.02 bits per heavy atom. The first-order valence-electron chi connectivity index (χ1n) is 15.5. The highest BCUT2D eigenvalue weighted by molar-refractivity contribution is 5.93. The van der Waals surface area contributed by atoms with Crippen LogP contribution in [0.25, 0.3) is 0 Å². The van der Waals surface area contributed by atoms with Gasteiger partial charge in [0.15, 0.2) is 12.4 Å². The van der Waals surface area contributed by atoms with Crippen LogP contribution in [0, 0.1) is 29.1 Å². The maximum Gasteiger partial charge on any atom is 0.456 e. The molecule has 0 bridgehead atoms. The van der Waals surface area contributed by atoms with Gasteiger partial charge in [-0.05, 0) is 97.4 Å². The minimum absolute atomic E-state index is 0.0273. The third-order valence-corrected chi connectivity index (χ3v) is 10.6. The Morgan fingerprint density at radius 2 is 1.74 bits per heavy atom. The molecule has 0 saturated heterocycles. The monoisotopic (exact) mass is 639 g/mol. The van der Waals surface area contributed by atoms with Gasteiger partial charge in [0, 0.05) is 29.0 Å². The predicted molar refractivity (Wildman–Crippen MR) is 161 cm³/mol. The number of amides is 1. The van der Waals surface area contributed by atoms with Crippen LogP contribution in [0.2, 0.25) is 0 Å². The fourth-order valence-corrected chi connectivity index (χ4v) is 8.43. The minimum atomic E-state index is -5.90. The molecule has 0 aliphatic heterocycles. The van der Waals surface area contributed by atoms with E-state index in [0.717, 1.165) is 22.3 Å².